The smallest absolute Gasteiger partial charge is 0.163 e. The molecule has 1 N–H and O–H groups in total. The van der Waals surface area contributed by atoms with E-state index in [0.717, 1.165) is 26.8 Å². The number of fused-ring (bicyclic) bond motifs is 1. The van der Waals surface area contributed by atoms with E-state index in [1.807, 2.05) is 43.4 Å². The van der Waals surface area contributed by atoms with Gasteiger partial charge in [0.05, 0.1) is 10.5 Å². The van der Waals surface area contributed by atoms with Gasteiger partial charge in [-0.15, -0.1) is 0 Å². The summed E-state index contributed by atoms with van der Waals surface area (Å²) >= 11 is 15.7. The zero-order chi connectivity index (χ0) is 15.0. The van der Waals surface area contributed by atoms with Gasteiger partial charge in [0.15, 0.2) is 5.82 Å². The van der Waals surface area contributed by atoms with Gasteiger partial charge < -0.3 is 5.32 Å². The summed E-state index contributed by atoms with van der Waals surface area (Å²) in [5.74, 6) is 1.30. The molecular weight excluding hydrogens is 373 g/mol. The third-order valence-corrected chi connectivity index (χ3v) is 4.11. The second-order valence-electron chi connectivity index (χ2n) is 4.43. The summed E-state index contributed by atoms with van der Waals surface area (Å²) in [5, 5.41) is 5.23. The zero-order valence-corrected chi connectivity index (χ0v) is 14.1. The van der Waals surface area contributed by atoms with Crippen molar-refractivity contribution >= 4 is 55.9 Å². The summed E-state index contributed by atoms with van der Waals surface area (Å²) in [6.45, 7) is 0. The van der Waals surface area contributed by atoms with Crippen molar-refractivity contribution in [3.05, 3.63) is 50.9 Å². The Hall–Kier alpha value is -1.36. The predicted molar refractivity (Wildman–Crippen MR) is 92.2 cm³/mol. The SMILES string of the molecule is CNc1nc(-c2ccc(Br)cc2Cl)nc2cc(Cl)ccc12. The number of rotatable bonds is 2. The highest BCUT2D eigenvalue weighted by molar-refractivity contribution is 9.10. The summed E-state index contributed by atoms with van der Waals surface area (Å²) < 4.78 is 0.911. The lowest BCUT2D eigenvalue weighted by Gasteiger charge is -2.09. The molecule has 6 heteroatoms. The molecule has 1 aromatic heterocycles. The molecule has 0 atom stereocenters. The molecule has 0 spiro atoms. The highest BCUT2D eigenvalue weighted by Crippen LogP contribution is 2.31. The number of halogens is 3. The van der Waals surface area contributed by atoms with Crippen LogP contribution in [0.3, 0.4) is 0 Å². The molecule has 0 aliphatic heterocycles. The molecular formula is C15H10BrCl2N3. The molecule has 0 saturated heterocycles. The fourth-order valence-electron chi connectivity index (χ4n) is 2.08. The van der Waals surface area contributed by atoms with Crippen LogP contribution >= 0.6 is 39.1 Å². The normalized spacial score (nSPS) is 10.9. The van der Waals surface area contributed by atoms with Crippen LogP contribution in [0, 0.1) is 0 Å². The number of aromatic nitrogens is 2. The van der Waals surface area contributed by atoms with Gasteiger partial charge in [-0.25, -0.2) is 9.97 Å². The zero-order valence-electron chi connectivity index (χ0n) is 11.0. The molecule has 0 saturated carbocycles. The number of hydrogen-bond donors (Lipinski definition) is 1. The first-order valence-corrected chi connectivity index (χ1v) is 7.74. The third-order valence-electron chi connectivity index (χ3n) is 3.07. The van der Waals surface area contributed by atoms with Gasteiger partial charge >= 0.3 is 0 Å². The lowest BCUT2D eigenvalue weighted by molar-refractivity contribution is 1.21. The molecule has 106 valence electrons. The maximum atomic E-state index is 6.29. The standard InChI is InChI=1S/C15H10BrCl2N3/c1-19-14-11-5-3-9(17)7-13(11)20-15(21-14)10-4-2-8(16)6-12(10)18/h2-7H,1H3,(H,19,20,21). The Morgan fingerprint density at radius 3 is 2.57 bits per heavy atom. The van der Waals surface area contributed by atoms with Crippen molar-refractivity contribution in [3.63, 3.8) is 0 Å². The van der Waals surface area contributed by atoms with Crippen molar-refractivity contribution in [2.24, 2.45) is 0 Å². The van der Waals surface area contributed by atoms with E-state index in [4.69, 9.17) is 23.2 Å². The van der Waals surface area contributed by atoms with Crippen molar-refractivity contribution in [2.75, 3.05) is 12.4 Å². The lowest BCUT2D eigenvalue weighted by Crippen LogP contribution is -1.99. The van der Waals surface area contributed by atoms with E-state index in [-0.39, 0.29) is 0 Å². The Morgan fingerprint density at radius 2 is 1.86 bits per heavy atom. The minimum absolute atomic E-state index is 0.562. The van der Waals surface area contributed by atoms with Gasteiger partial charge in [-0.1, -0.05) is 39.1 Å². The predicted octanol–water partition coefficient (Wildman–Crippen LogP) is 5.41. The highest BCUT2D eigenvalue weighted by atomic mass is 79.9. The van der Waals surface area contributed by atoms with Gasteiger partial charge in [0.2, 0.25) is 0 Å². The van der Waals surface area contributed by atoms with Crippen LogP contribution in [0.1, 0.15) is 0 Å². The molecule has 3 aromatic rings. The van der Waals surface area contributed by atoms with E-state index in [1.54, 1.807) is 0 Å². The summed E-state index contributed by atoms with van der Waals surface area (Å²) in [7, 11) is 1.82. The van der Waals surface area contributed by atoms with E-state index < -0.39 is 0 Å². The van der Waals surface area contributed by atoms with Gasteiger partial charge in [0.1, 0.15) is 5.82 Å². The molecule has 0 unspecified atom stereocenters. The Bertz CT molecular complexity index is 837. The largest absolute Gasteiger partial charge is 0.373 e. The number of anilines is 1. The first-order chi connectivity index (χ1) is 10.1. The van der Waals surface area contributed by atoms with Gasteiger partial charge in [0.25, 0.3) is 0 Å². The van der Waals surface area contributed by atoms with Crippen molar-refractivity contribution in [1.29, 1.82) is 0 Å². The average molecular weight is 383 g/mol. The van der Waals surface area contributed by atoms with Gasteiger partial charge in [-0.05, 0) is 36.4 Å². The van der Waals surface area contributed by atoms with E-state index in [9.17, 15) is 0 Å². The molecule has 0 aliphatic carbocycles. The highest BCUT2D eigenvalue weighted by Gasteiger charge is 2.12. The van der Waals surface area contributed by atoms with Crippen LogP contribution in [-0.2, 0) is 0 Å². The quantitative estimate of drug-likeness (QED) is 0.644. The number of benzene rings is 2. The molecule has 1 heterocycles. The Kier molecular flexibility index (Phi) is 4.02. The molecule has 0 amide bonds. The maximum Gasteiger partial charge on any atom is 0.163 e. The average Bonchev–Trinajstić information content (AvgIpc) is 2.45. The molecule has 0 fully saturated rings. The fraction of sp³-hybridized carbons (Fsp3) is 0.0667. The minimum atomic E-state index is 0.562. The van der Waals surface area contributed by atoms with E-state index in [0.29, 0.717) is 15.9 Å². The summed E-state index contributed by atoms with van der Waals surface area (Å²) in [6.07, 6.45) is 0. The Balaban J connectivity index is 2.27. The third kappa shape index (κ3) is 2.84. The number of nitrogens with one attached hydrogen (secondary N) is 1. The second kappa shape index (κ2) is 5.79. The fourth-order valence-corrected chi connectivity index (χ4v) is 3.01. The molecule has 2 aromatic carbocycles. The molecule has 3 rings (SSSR count). The van der Waals surface area contributed by atoms with Crippen LogP contribution in [0.2, 0.25) is 10.0 Å². The monoisotopic (exact) mass is 381 g/mol. The van der Waals surface area contributed by atoms with Crippen molar-refractivity contribution in [1.82, 2.24) is 9.97 Å². The van der Waals surface area contributed by atoms with Crippen LogP contribution in [0.25, 0.3) is 22.3 Å². The van der Waals surface area contributed by atoms with Crippen molar-refractivity contribution in [2.45, 2.75) is 0 Å². The van der Waals surface area contributed by atoms with E-state index in [1.165, 1.54) is 0 Å². The minimum Gasteiger partial charge on any atom is -0.373 e. The molecule has 21 heavy (non-hydrogen) atoms. The van der Waals surface area contributed by atoms with Gasteiger partial charge in [-0.2, -0.15) is 0 Å². The molecule has 0 bridgehead atoms. The summed E-state index contributed by atoms with van der Waals surface area (Å²) in [4.78, 5) is 9.11. The van der Waals surface area contributed by atoms with Crippen LogP contribution in [0.4, 0.5) is 5.82 Å². The summed E-state index contributed by atoms with van der Waals surface area (Å²) in [5.41, 5.74) is 1.55. The van der Waals surface area contributed by atoms with Crippen molar-refractivity contribution < 1.29 is 0 Å². The van der Waals surface area contributed by atoms with Gasteiger partial charge in [0, 0.05) is 27.5 Å². The van der Waals surface area contributed by atoms with Crippen LogP contribution < -0.4 is 5.32 Å². The summed E-state index contributed by atoms with van der Waals surface area (Å²) in [6, 6.07) is 11.2. The first-order valence-electron chi connectivity index (χ1n) is 6.19. The van der Waals surface area contributed by atoms with E-state index in [2.05, 4.69) is 31.2 Å². The molecule has 3 nitrogen and oxygen atoms in total. The van der Waals surface area contributed by atoms with Crippen molar-refractivity contribution in [3.8, 4) is 11.4 Å². The second-order valence-corrected chi connectivity index (χ2v) is 6.19. The topological polar surface area (TPSA) is 37.8 Å². The van der Waals surface area contributed by atoms with Crippen LogP contribution in [0.5, 0.6) is 0 Å². The van der Waals surface area contributed by atoms with Crippen LogP contribution in [-0.4, -0.2) is 17.0 Å². The van der Waals surface area contributed by atoms with Crippen LogP contribution in [0.15, 0.2) is 40.9 Å². The number of hydrogen-bond acceptors (Lipinski definition) is 3. The van der Waals surface area contributed by atoms with E-state index >= 15 is 0 Å². The lowest BCUT2D eigenvalue weighted by atomic mass is 10.2. The molecule has 0 aliphatic rings. The molecule has 0 radical (unpaired) electrons. The Labute approximate surface area is 140 Å². The number of nitrogens with zero attached hydrogens (tertiary/aromatic N) is 2. The van der Waals surface area contributed by atoms with Gasteiger partial charge in [-0.3, -0.25) is 0 Å². The first kappa shape index (κ1) is 14.6. The maximum absolute atomic E-state index is 6.29. The Morgan fingerprint density at radius 1 is 1.05 bits per heavy atom.